The van der Waals surface area contributed by atoms with Gasteiger partial charge in [-0.2, -0.15) is 0 Å². The summed E-state index contributed by atoms with van der Waals surface area (Å²) in [7, 11) is 1.84. The molecule has 0 aliphatic carbocycles. The third-order valence-electron chi connectivity index (χ3n) is 1.53. The van der Waals surface area contributed by atoms with Gasteiger partial charge in [-0.05, 0) is 0 Å². The Morgan fingerprint density at radius 2 is 2.38 bits per heavy atom. The Morgan fingerprint density at radius 1 is 1.62 bits per heavy atom. The minimum absolute atomic E-state index is 0.158. The van der Waals surface area contributed by atoms with E-state index in [9.17, 15) is 9.59 Å². The summed E-state index contributed by atoms with van der Waals surface area (Å²) < 4.78 is 3.61. The number of carbonyl (C=O) groups excluding carboxylic acids is 1. The summed E-state index contributed by atoms with van der Waals surface area (Å²) in [6.07, 6.45) is 0. The topological polar surface area (TPSA) is 98.9 Å². The maximum atomic E-state index is 11.3. The molecule has 1 rings (SSSR count). The van der Waals surface area contributed by atoms with E-state index in [1.807, 2.05) is 7.05 Å². The molecule has 7 nitrogen and oxygen atoms in total. The van der Waals surface area contributed by atoms with Crippen LogP contribution < -0.4 is 41.2 Å². The van der Waals surface area contributed by atoms with Crippen LogP contribution in [0.15, 0.2) is 10.9 Å². The Labute approximate surface area is 103 Å². The first kappa shape index (κ1) is 12.9. The molecule has 0 fully saturated rings. The molecular formula is C8H13IN5O2-. The number of alkyl halides is 1. The fourth-order valence-electron chi connectivity index (χ4n) is 0.951. The number of amides is 2. The zero-order valence-corrected chi connectivity index (χ0v) is 11.1. The molecule has 1 aromatic rings. The standard InChI is InChI=1S/C8H13IN5O2/c1-5-3-6(15)13-7(12-5)14-8(16)11-4-9-10-2/h3,10H,4H2,1-2H3,(H3,11,12,13,14,15,16)/q-1. The number of aromatic nitrogens is 2. The quantitative estimate of drug-likeness (QED) is 0.150. The predicted molar refractivity (Wildman–Crippen MR) is 55.7 cm³/mol. The molecule has 0 aliphatic heterocycles. The number of nitrogens with zero attached hydrogens (tertiary/aromatic N) is 1. The second kappa shape index (κ2) is 6.43. The first-order chi connectivity index (χ1) is 7.61. The van der Waals surface area contributed by atoms with E-state index in [1.165, 1.54) is 6.07 Å². The van der Waals surface area contributed by atoms with Gasteiger partial charge < -0.3 is 0 Å². The van der Waals surface area contributed by atoms with Crippen molar-refractivity contribution in [2.45, 2.75) is 6.92 Å². The number of halogens is 1. The number of H-pyrrole nitrogens is 1. The number of nitrogens with one attached hydrogen (secondary N) is 4. The van der Waals surface area contributed by atoms with Gasteiger partial charge in [-0.15, -0.1) is 0 Å². The molecule has 1 heterocycles. The van der Waals surface area contributed by atoms with Gasteiger partial charge >= 0.3 is 103 Å². The summed E-state index contributed by atoms with van der Waals surface area (Å²) in [5, 5.41) is 5.10. The summed E-state index contributed by atoms with van der Waals surface area (Å²) in [4.78, 5) is 28.8. The van der Waals surface area contributed by atoms with Crippen molar-refractivity contribution in [1.82, 2.24) is 18.8 Å². The number of carbonyl (C=O) groups is 1. The fraction of sp³-hybridized carbons (Fsp3) is 0.375. The Kier molecular flexibility index (Phi) is 5.19. The van der Waals surface area contributed by atoms with Gasteiger partial charge in [-0.1, -0.05) is 0 Å². The van der Waals surface area contributed by atoms with Gasteiger partial charge in [0, 0.05) is 0 Å². The minimum atomic E-state index is -0.372. The Hall–Kier alpha value is -1.16. The van der Waals surface area contributed by atoms with Crippen molar-refractivity contribution in [3.8, 4) is 0 Å². The average Bonchev–Trinajstić information content (AvgIpc) is 2.16. The summed E-state index contributed by atoms with van der Waals surface area (Å²) in [5.74, 6) is 0.158. The molecule has 0 aromatic carbocycles. The van der Waals surface area contributed by atoms with Gasteiger partial charge in [0.15, 0.2) is 0 Å². The molecule has 90 valence electrons. The predicted octanol–water partition coefficient (Wildman–Crippen LogP) is -3.62. The van der Waals surface area contributed by atoms with Crippen LogP contribution in [0.1, 0.15) is 5.69 Å². The zero-order chi connectivity index (χ0) is 12.0. The monoisotopic (exact) mass is 338 g/mol. The molecule has 0 saturated carbocycles. The normalized spacial score (nSPS) is 10.1. The van der Waals surface area contributed by atoms with Crippen LogP contribution in [0.25, 0.3) is 0 Å². The van der Waals surface area contributed by atoms with Crippen LogP contribution in [-0.2, 0) is 0 Å². The van der Waals surface area contributed by atoms with Crippen LogP contribution in [0.2, 0.25) is 0 Å². The van der Waals surface area contributed by atoms with Crippen LogP contribution in [-0.4, -0.2) is 27.6 Å². The van der Waals surface area contributed by atoms with Crippen LogP contribution in [0.5, 0.6) is 0 Å². The maximum absolute atomic E-state index is 11.3. The molecular weight excluding hydrogens is 325 g/mol. The first-order valence-electron chi connectivity index (χ1n) is 4.49. The number of hydrogen-bond donors (Lipinski definition) is 4. The van der Waals surface area contributed by atoms with Crippen LogP contribution in [0.4, 0.5) is 10.7 Å². The molecule has 0 unspecified atom stereocenters. The second-order valence-electron chi connectivity index (χ2n) is 2.82. The number of anilines is 1. The van der Waals surface area contributed by atoms with Crippen molar-refractivity contribution in [3.63, 3.8) is 0 Å². The van der Waals surface area contributed by atoms with E-state index < -0.39 is 0 Å². The first-order valence-corrected chi connectivity index (χ1v) is 7.10. The summed E-state index contributed by atoms with van der Waals surface area (Å²) in [6.45, 7) is 1.69. The number of hydrogen-bond acceptors (Lipinski definition) is 4. The van der Waals surface area contributed by atoms with E-state index in [0.29, 0.717) is 10.2 Å². The molecule has 0 bridgehead atoms. The third kappa shape index (κ3) is 4.57. The summed E-state index contributed by atoms with van der Waals surface area (Å²) in [5.41, 5.74) is 0.271. The molecule has 2 amide bonds. The van der Waals surface area contributed by atoms with Crippen molar-refractivity contribution in [1.29, 1.82) is 0 Å². The summed E-state index contributed by atoms with van der Waals surface area (Å²) in [6, 6.07) is 0.985. The van der Waals surface area contributed by atoms with E-state index in [-0.39, 0.29) is 39.0 Å². The fourth-order valence-corrected chi connectivity index (χ4v) is 1.87. The SMILES string of the molecule is CN[I-]CNC(=O)Nc1nc(C)cc(=O)[nH]1. The van der Waals surface area contributed by atoms with Crippen LogP contribution in [0, 0.1) is 6.92 Å². The van der Waals surface area contributed by atoms with Gasteiger partial charge in [0.1, 0.15) is 0 Å². The average molecular weight is 338 g/mol. The zero-order valence-electron chi connectivity index (χ0n) is 8.93. The number of rotatable bonds is 4. The molecule has 8 heteroatoms. The van der Waals surface area contributed by atoms with Crippen LogP contribution in [0.3, 0.4) is 0 Å². The van der Waals surface area contributed by atoms with E-state index in [2.05, 4.69) is 24.1 Å². The molecule has 1 aromatic heterocycles. The van der Waals surface area contributed by atoms with Gasteiger partial charge in [0.05, 0.1) is 0 Å². The van der Waals surface area contributed by atoms with Gasteiger partial charge in [-0.3, -0.25) is 0 Å². The second-order valence-corrected chi connectivity index (χ2v) is 5.43. The van der Waals surface area contributed by atoms with Gasteiger partial charge in [0.25, 0.3) is 0 Å². The van der Waals surface area contributed by atoms with Crippen molar-refractivity contribution < 1.29 is 26.3 Å². The van der Waals surface area contributed by atoms with Crippen molar-refractivity contribution in [2.75, 3.05) is 16.9 Å². The number of aryl methyl sites for hydroxylation is 1. The molecule has 0 radical (unpaired) electrons. The number of aromatic amines is 1. The van der Waals surface area contributed by atoms with Gasteiger partial charge in [0.2, 0.25) is 0 Å². The van der Waals surface area contributed by atoms with Crippen molar-refractivity contribution in [2.24, 2.45) is 0 Å². The van der Waals surface area contributed by atoms with E-state index >= 15 is 0 Å². The van der Waals surface area contributed by atoms with E-state index in [1.54, 1.807) is 6.92 Å². The molecule has 4 N–H and O–H groups in total. The molecule has 16 heavy (non-hydrogen) atoms. The van der Waals surface area contributed by atoms with Crippen molar-refractivity contribution >= 4 is 12.0 Å². The Bertz CT molecular complexity index is 419. The van der Waals surface area contributed by atoms with Gasteiger partial charge in [-0.25, -0.2) is 0 Å². The Morgan fingerprint density at radius 3 is 3.00 bits per heavy atom. The summed E-state index contributed by atoms with van der Waals surface area (Å²) >= 11 is -0.209. The molecule has 0 saturated heterocycles. The van der Waals surface area contributed by atoms with Crippen LogP contribution >= 0.6 is 0 Å². The molecule has 0 atom stereocenters. The third-order valence-corrected chi connectivity index (χ3v) is 3.06. The van der Waals surface area contributed by atoms with E-state index in [0.717, 1.165) is 0 Å². The Balaban J connectivity index is 2.52. The number of urea groups is 1. The van der Waals surface area contributed by atoms with E-state index in [4.69, 9.17) is 0 Å². The molecule has 0 aliphatic rings. The molecule has 0 spiro atoms. The van der Waals surface area contributed by atoms with Crippen molar-refractivity contribution in [3.05, 3.63) is 22.1 Å².